The molecule has 0 aliphatic carbocycles. The summed E-state index contributed by atoms with van der Waals surface area (Å²) in [5, 5.41) is 10.1. The van der Waals surface area contributed by atoms with Crippen molar-refractivity contribution in [2.24, 2.45) is 0 Å². The molecule has 3 nitrogen and oxygen atoms in total. The summed E-state index contributed by atoms with van der Waals surface area (Å²) < 4.78 is 10.9. The van der Waals surface area contributed by atoms with E-state index in [9.17, 15) is 5.11 Å². The average Bonchev–Trinajstić information content (AvgIpc) is 2.28. The Morgan fingerprint density at radius 2 is 1.93 bits per heavy atom. The highest BCUT2D eigenvalue weighted by atomic mass is 16.6. The molecule has 0 radical (unpaired) electrons. The minimum atomic E-state index is -0.796. The average molecular weight is 208 g/mol. The largest absolute Gasteiger partial charge is 0.486 e. The van der Waals surface area contributed by atoms with E-state index >= 15 is 0 Å². The molecular formula is C12H16O3. The molecule has 0 bridgehead atoms. The first-order chi connectivity index (χ1) is 7.13. The monoisotopic (exact) mass is 208 g/mol. The zero-order chi connectivity index (χ0) is 10.9. The molecular weight excluding hydrogens is 192 g/mol. The van der Waals surface area contributed by atoms with Crippen LogP contribution in [0.2, 0.25) is 0 Å². The van der Waals surface area contributed by atoms with Crippen LogP contribution in [-0.2, 0) is 5.60 Å². The number of aliphatic hydroxyl groups is 1. The third-order valence-electron chi connectivity index (χ3n) is 2.85. The molecule has 15 heavy (non-hydrogen) atoms. The quantitative estimate of drug-likeness (QED) is 0.808. The summed E-state index contributed by atoms with van der Waals surface area (Å²) in [5.74, 6) is 1.49. The Balaban J connectivity index is 2.36. The fourth-order valence-corrected chi connectivity index (χ4v) is 1.58. The zero-order valence-corrected chi connectivity index (χ0v) is 9.12. The Bertz CT molecular complexity index is 358. The highest BCUT2D eigenvalue weighted by Crippen LogP contribution is 2.35. The SMILES string of the molecule is CCC(C)(O)c1ccc2c(c1)OCCO2. The Kier molecular flexibility index (Phi) is 2.57. The first kappa shape index (κ1) is 10.3. The van der Waals surface area contributed by atoms with E-state index in [2.05, 4.69) is 0 Å². The summed E-state index contributed by atoms with van der Waals surface area (Å²) in [6.07, 6.45) is 0.673. The van der Waals surface area contributed by atoms with E-state index in [1.807, 2.05) is 25.1 Å². The maximum absolute atomic E-state index is 10.1. The van der Waals surface area contributed by atoms with Crippen molar-refractivity contribution in [3.05, 3.63) is 23.8 Å². The van der Waals surface area contributed by atoms with Crippen LogP contribution in [-0.4, -0.2) is 18.3 Å². The number of hydrogen-bond acceptors (Lipinski definition) is 3. The van der Waals surface area contributed by atoms with Crippen LogP contribution in [0.25, 0.3) is 0 Å². The molecule has 1 heterocycles. The van der Waals surface area contributed by atoms with Gasteiger partial charge in [0.15, 0.2) is 11.5 Å². The molecule has 0 aromatic heterocycles. The molecule has 1 aromatic rings. The van der Waals surface area contributed by atoms with Crippen LogP contribution in [0.5, 0.6) is 11.5 Å². The van der Waals surface area contributed by atoms with Crippen molar-refractivity contribution in [2.45, 2.75) is 25.9 Å². The van der Waals surface area contributed by atoms with Gasteiger partial charge in [-0.1, -0.05) is 13.0 Å². The van der Waals surface area contributed by atoms with E-state index in [1.54, 1.807) is 6.92 Å². The Morgan fingerprint density at radius 1 is 1.27 bits per heavy atom. The van der Waals surface area contributed by atoms with Crippen molar-refractivity contribution in [3.63, 3.8) is 0 Å². The van der Waals surface area contributed by atoms with E-state index in [1.165, 1.54) is 0 Å². The lowest BCUT2D eigenvalue weighted by Crippen LogP contribution is -2.21. The second kappa shape index (κ2) is 3.74. The van der Waals surface area contributed by atoms with Gasteiger partial charge in [0.1, 0.15) is 13.2 Å². The van der Waals surface area contributed by atoms with Crippen LogP contribution in [0, 0.1) is 0 Å². The second-order valence-electron chi connectivity index (χ2n) is 3.99. The van der Waals surface area contributed by atoms with Crippen molar-refractivity contribution in [1.82, 2.24) is 0 Å². The number of benzene rings is 1. The highest BCUT2D eigenvalue weighted by molar-refractivity contribution is 5.45. The molecule has 1 atom stereocenters. The van der Waals surface area contributed by atoms with Gasteiger partial charge in [-0.15, -0.1) is 0 Å². The second-order valence-corrected chi connectivity index (χ2v) is 3.99. The smallest absolute Gasteiger partial charge is 0.161 e. The van der Waals surface area contributed by atoms with Crippen molar-refractivity contribution < 1.29 is 14.6 Å². The van der Waals surface area contributed by atoms with Gasteiger partial charge in [-0.2, -0.15) is 0 Å². The minimum Gasteiger partial charge on any atom is -0.486 e. The normalized spacial score (nSPS) is 18.3. The maximum atomic E-state index is 10.1. The van der Waals surface area contributed by atoms with Gasteiger partial charge < -0.3 is 14.6 Å². The van der Waals surface area contributed by atoms with E-state index in [0.717, 1.165) is 17.1 Å². The molecule has 82 valence electrons. The molecule has 1 aliphatic rings. The lowest BCUT2D eigenvalue weighted by atomic mass is 9.93. The van der Waals surface area contributed by atoms with Crippen molar-refractivity contribution in [1.29, 1.82) is 0 Å². The van der Waals surface area contributed by atoms with Crippen LogP contribution < -0.4 is 9.47 Å². The summed E-state index contributed by atoms with van der Waals surface area (Å²) in [4.78, 5) is 0. The topological polar surface area (TPSA) is 38.7 Å². The van der Waals surface area contributed by atoms with E-state index in [-0.39, 0.29) is 0 Å². The summed E-state index contributed by atoms with van der Waals surface area (Å²) in [6.45, 7) is 4.93. The predicted molar refractivity (Wildman–Crippen MR) is 57.3 cm³/mol. The maximum Gasteiger partial charge on any atom is 0.161 e. The van der Waals surface area contributed by atoms with Crippen LogP contribution >= 0.6 is 0 Å². The van der Waals surface area contributed by atoms with Crippen molar-refractivity contribution in [2.75, 3.05) is 13.2 Å². The third-order valence-corrected chi connectivity index (χ3v) is 2.85. The number of ether oxygens (including phenoxy) is 2. The fourth-order valence-electron chi connectivity index (χ4n) is 1.58. The van der Waals surface area contributed by atoms with Gasteiger partial charge >= 0.3 is 0 Å². The van der Waals surface area contributed by atoms with Crippen molar-refractivity contribution in [3.8, 4) is 11.5 Å². The van der Waals surface area contributed by atoms with E-state index in [0.29, 0.717) is 19.6 Å². The molecule has 1 unspecified atom stereocenters. The lowest BCUT2D eigenvalue weighted by molar-refractivity contribution is 0.0524. The molecule has 0 spiro atoms. The first-order valence-electron chi connectivity index (χ1n) is 5.26. The molecule has 2 rings (SSSR count). The van der Waals surface area contributed by atoms with Gasteiger partial charge in [0.05, 0.1) is 5.60 Å². The van der Waals surface area contributed by atoms with Crippen LogP contribution in [0.4, 0.5) is 0 Å². The standard InChI is InChI=1S/C12H16O3/c1-3-12(2,13)9-4-5-10-11(8-9)15-7-6-14-10/h4-5,8,13H,3,6-7H2,1-2H3. The van der Waals surface area contributed by atoms with Gasteiger partial charge in [-0.3, -0.25) is 0 Å². The molecule has 1 aliphatic heterocycles. The summed E-state index contributed by atoms with van der Waals surface area (Å²) in [7, 11) is 0. The highest BCUT2D eigenvalue weighted by Gasteiger charge is 2.23. The fraction of sp³-hybridized carbons (Fsp3) is 0.500. The Labute approximate surface area is 89.6 Å². The van der Waals surface area contributed by atoms with Gasteiger partial charge in [0, 0.05) is 0 Å². The van der Waals surface area contributed by atoms with Gasteiger partial charge in [-0.05, 0) is 31.0 Å². The molecule has 0 saturated carbocycles. The van der Waals surface area contributed by atoms with Gasteiger partial charge in [0.2, 0.25) is 0 Å². The molecule has 0 amide bonds. The molecule has 0 fully saturated rings. The zero-order valence-electron chi connectivity index (χ0n) is 9.12. The van der Waals surface area contributed by atoms with Crippen LogP contribution in [0.15, 0.2) is 18.2 Å². The molecule has 0 saturated heterocycles. The number of fused-ring (bicyclic) bond motifs is 1. The third kappa shape index (κ3) is 1.92. The van der Waals surface area contributed by atoms with Crippen LogP contribution in [0.1, 0.15) is 25.8 Å². The lowest BCUT2D eigenvalue weighted by Gasteiger charge is -2.25. The van der Waals surface area contributed by atoms with Gasteiger partial charge in [-0.25, -0.2) is 0 Å². The molecule has 1 N–H and O–H groups in total. The summed E-state index contributed by atoms with van der Waals surface area (Å²) in [5.41, 5.74) is 0.0739. The first-order valence-corrected chi connectivity index (χ1v) is 5.26. The number of hydrogen-bond donors (Lipinski definition) is 1. The summed E-state index contributed by atoms with van der Waals surface area (Å²) >= 11 is 0. The summed E-state index contributed by atoms with van der Waals surface area (Å²) in [6, 6.07) is 5.60. The molecule has 1 aromatic carbocycles. The predicted octanol–water partition coefficient (Wildman–Crippen LogP) is 2.08. The van der Waals surface area contributed by atoms with Crippen LogP contribution in [0.3, 0.4) is 0 Å². The van der Waals surface area contributed by atoms with E-state index in [4.69, 9.17) is 9.47 Å². The Morgan fingerprint density at radius 3 is 2.60 bits per heavy atom. The van der Waals surface area contributed by atoms with Crippen molar-refractivity contribution >= 4 is 0 Å². The molecule has 3 heteroatoms. The van der Waals surface area contributed by atoms with Gasteiger partial charge in [0.25, 0.3) is 0 Å². The Hall–Kier alpha value is -1.22. The van der Waals surface area contributed by atoms with E-state index < -0.39 is 5.60 Å². The number of rotatable bonds is 2. The minimum absolute atomic E-state index is 0.574.